The second-order valence-corrected chi connectivity index (χ2v) is 11.8. The number of ether oxygens (including phenoxy) is 2. The van der Waals surface area contributed by atoms with E-state index in [-0.39, 0.29) is 56.5 Å². The first-order chi connectivity index (χ1) is 20.3. The molecule has 1 aliphatic rings. The van der Waals surface area contributed by atoms with Gasteiger partial charge in [-0.25, -0.2) is 13.2 Å². The van der Waals surface area contributed by atoms with Gasteiger partial charge in [0.25, 0.3) is 0 Å². The smallest absolute Gasteiger partial charge is 0.416 e. The molecule has 2 N–H and O–H groups in total. The number of nitrogens with two attached hydrogens (primary N) is 1. The summed E-state index contributed by atoms with van der Waals surface area (Å²) in [5, 5.41) is 0. The predicted molar refractivity (Wildman–Crippen MR) is 153 cm³/mol. The molecule has 3 aromatic rings. The zero-order valence-corrected chi connectivity index (χ0v) is 24.1. The third-order valence-corrected chi connectivity index (χ3v) is 7.99. The van der Waals surface area contributed by atoms with Gasteiger partial charge in [-0.1, -0.05) is 30.3 Å². The first-order valence-corrected chi connectivity index (χ1v) is 15.1. The summed E-state index contributed by atoms with van der Waals surface area (Å²) in [7, 11) is -3.87. The van der Waals surface area contributed by atoms with Crippen LogP contribution >= 0.6 is 0 Å². The number of carbonyl (C=O) groups excluding carboxylic acids is 2. The van der Waals surface area contributed by atoms with Crippen molar-refractivity contribution in [1.82, 2.24) is 9.80 Å². The number of hydrogen-bond acceptors (Lipinski definition) is 7. The van der Waals surface area contributed by atoms with Crippen molar-refractivity contribution in [3.05, 3.63) is 90.0 Å². The molecule has 1 saturated heterocycles. The van der Waals surface area contributed by atoms with E-state index in [1.54, 1.807) is 4.90 Å². The highest BCUT2D eigenvalue weighted by Crippen LogP contribution is 2.32. The number of nitrogens with zero attached hydrogens (tertiary/aromatic N) is 3. The Kier molecular flexibility index (Phi) is 9.81. The molecule has 0 saturated carbocycles. The van der Waals surface area contributed by atoms with Gasteiger partial charge in [-0.3, -0.25) is 14.0 Å². The topological polar surface area (TPSA) is 122 Å². The van der Waals surface area contributed by atoms with Crippen LogP contribution in [-0.2, 0) is 32.3 Å². The minimum absolute atomic E-state index is 0.126. The van der Waals surface area contributed by atoms with Crippen molar-refractivity contribution in [2.75, 3.05) is 43.3 Å². The lowest BCUT2D eigenvalue weighted by atomic mass is 10.2. The SMILES string of the molecule is CS(=O)(=O)N(C[C@@H](C(N)=O)N1CCN(C(=O)OCc2ccccc2)CC1)c1ccc(Oc2ccc(C(F)(F)F)cc2)cc1. The number of halogens is 3. The lowest BCUT2D eigenvalue weighted by molar-refractivity contribution is -0.137. The van der Waals surface area contributed by atoms with Gasteiger partial charge in [0, 0.05) is 26.2 Å². The van der Waals surface area contributed by atoms with Crippen LogP contribution in [0.2, 0.25) is 0 Å². The molecule has 3 aromatic carbocycles. The summed E-state index contributed by atoms with van der Waals surface area (Å²) in [6.45, 7) is 0.905. The summed E-state index contributed by atoms with van der Waals surface area (Å²) in [6, 6.07) is 18.2. The fraction of sp³-hybridized carbons (Fsp3) is 0.310. The van der Waals surface area contributed by atoms with Crippen molar-refractivity contribution in [3.63, 3.8) is 0 Å². The number of benzene rings is 3. The van der Waals surface area contributed by atoms with Gasteiger partial charge >= 0.3 is 12.3 Å². The van der Waals surface area contributed by atoms with E-state index >= 15 is 0 Å². The molecule has 14 heteroatoms. The van der Waals surface area contributed by atoms with E-state index in [0.717, 1.165) is 28.3 Å². The Bertz CT molecular complexity index is 1500. The van der Waals surface area contributed by atoms with Gasteiger partial charge < -0.3 is 20.1 Å². The van der Waals surface area contributed by atoms with Gasteiger partial charge in [0.15, 0.2) is 0 Å². The Morgan fingerprint density at radius 1 is 0.907 bits per heavy atom. The Morgan fingerprint density at radius 2 is 1.47 bits per heavy atom. The molecule has 0 aromatic heterocycles. The third-order valence-electron chi connectivity index (χ3n) is 6.83. The standard InChI is InChI=1S/C29H31F3N4O6S/c1-43(39,40)36(23-9-13-25(14-10-23)42-24-11-7-22(8-12-24)29(30,31)32)19-26(27(33)37)34-15-17-35(18-16-34)28(38)41-20-21-5-3-2-4-6-21/h2-14,26H,15-20H2,1H3,(H2,33,37)/t26-/m0/s1. The summed E-state index contributed by atoms with van der Waals surface area (Å²) in [6.07, 6.45) is -3.96. The molecule has 0 bridgehead atoms. The lowest BCUT2D eigenvalue weighted by Gasteiger charge is -2.39. The number of rotatable bonds is 10. The second-order valence-electron chi connectivity index (χ2n) is 9.89. The van der Waals surface area contributed by atoms with Crippen LogP contribution in [0, 0.1) is 0 Å². The van der Waals surface area contributed by atoms with E-state index < -0.39 is 39.8 Å². The summed E-state index contributed by atoms with van der Waals surface area (Å²) < 4.78 is 75.9. The van der Waals surface area contributed by atoms with Crippen LogP contribution in [0.15, 0.2) is 78.9 Å². The summed E-state index contributed by atoms with van der Waals surface area (Å²) >= 11 is 0. The van der Waals surface area contributed by atoms with Crippen molar-refractivity contribution in [2.45, 2.75) is 18.8 Å². The predicted octanol–water partition coefficient (Wildman–Crippen LogP) is 4.07. The molecular formula is C29H31F3N4O6S. The van der Waals surface area contributed by atoms with E-state index in [1.807, 2.05) is 30.3 Å². The maximum absolute atomic E-state index is 12.8. The van der Waals surface area contributed by atoms with Crippen LogP contribution in [0.25, 0.3) is 0 Å². The number of hydrogen-bond donors (Lipinski definition) is 1. The molecular weight excluding hydrogens is 589 g/mol. The number of amides is 2. The van der Waals surface area contributed by atoms with Gasteiger partial charge in [0.2, 0.25) is 15.9 Å². The molecule has 0 unspecified atom stereocenters. The van der Waals surface area contributed by atoms with Crippen molar-refractivity contribution in [1.29, 1.82) is 0 Å². The Hall–Kier alpha value is -4.30. The molecule has 4 rings (SSSR count). The highest BCUT2D eigenvalue weighted by atomic mass is 32.2. The van der Waals surface area contributed by atoms with Crippen molar-refractivity contribution in [2.24, 2.45) is 5.73 Å². The van der Waals surface area contributed by atoms with Crippen LogP contribution in [0.5, 0.6) is 11.5 Å². The summed E-state index contributed by atoms with van der Waals surface area (Å²) in [5.41, 5.74) is 5.96. The highest BCUT2D eigenvalue weighted by Gasteiger charge is 2.34. The van der Waals surface area contributed by atoms with Gasteiger partial charge in [0.05, 0.1) is 24.1 Å². The van der Waals surface area contributed by atoms with Crippen LogP contribution in [0.3, 0.4) is 0 Å². The molecule has 2 amide bonds. The fourth-order valence-corrected chi connectivity index (χ4v) is 5.45. The molecule has 0 spiro atoms. The molecule has 0 aliphatic carbocycles. The van der Waals surface area contributed by atoms with Gasteiger partial charge in [-0.05, 0) is 54.1 Å². The normalized spacial score (nSPS) is 15.0. The number of sulfonamides is 1. The Labute approximate surface area is 247 Å². The summed E-state index contributed by atoms with van der Waals surface area (Å²) in [4.78, 5) is 28.2. The van der Waals surface area contributed by atoms with E-state index in [4.69, 9.17) is 15.2 Å². The number of piperazine rings is 1. The van der Waals surface area contributed by atoms with Crippen LogP contribution in [-0.4, -0.2) is 75.2 Å². The van der Waals surface area contributed by atoms with Gasteiger partial charge in [-0.2, -0.15) is 13.2 Å². The van der Waals surface area contributed by atoms with Crippen molar-refractivity contribution in [3.8, 4) is 11.5 Å². The van der Waals surface area contributed by atoms with Crippen LogP contribution < -0.4 is 14.8 Å². The molecule has 1 aliphatic heterocycles. The maximum Gasteiger partial charge on any atom is 0.416 e. The molecule has 43 heavy (non-hydrogen) atoms. The largest absolute Gasteiger partial charge is 0.457 e. The first-order valence-electron chi connectivity index (χ1n) is 13.2. The highest BCUT2D eigenvalue weighted by molar-refractivity contribution is 7.92. The van der Waals surface area contributed by atoms with Crippen LogP contribution in [0.4, 0.5) is 23.7 Å². The first kappa shape index (κ1) is 31.6. The van der Waals surface area contributed by atoms with Crippen molar-refractivity contribution >= 4 is 27.7 Å². The van der Waals surface area contributed by atoms with Gasteiger partial charge in [-0.15, -0.1) is 0 Å². The zero-order valence-electron chi connectivity index (χ0n) is 23.2. The Balaban J connectivity index is 1.39. The van der Waals surface area contributed by atoms with E-state index in [9.17, 15) is 31.2 Å². The molecule has 10 nitrogen and oxygen atoms in total. The Morgan fingerprint density at radius 3 is 1.98 bits per heavy atom. The minimum Gasteiger partial charge on any atom is -0.457 e. The van der Waals surface area contributed by atoms with E-state index in [0.29, 0.717) is 0 Å². The van der Waals surface area contributed by atoms with Crippen LogP contribution in [0.1, 0.15) is 11.1 Å². The van der Waals surface area contributed by atoms with Crippen molar-refractivity contribution < 1.29 is 40.7 Å². The lowest BCUT2D eigenvalue weighted by Crippen LogP contribution is -2.58. The van der Waals surface area contributed by atoms with Gasteiger partial charge in [0.1, 0.15) is 24.1 Å². The monoisotopic (exact) mass is 620 g/mol. The molecule has 1 heterocycles. The average Bonchev–Trinajstić information content (AvgIpc) is 2.97. The van der Waals surface area contributed by atoms with E-state index in [2.05, 4.69) is 0 Å². The minimum atomic E-state index is -4.47. The number of primary amides is 1. The number of alkyl halides is 3. The van der Waals surface area contributed by atoms with E-state index in [1.165, 1.54) is 41.3 Å². The number of carbonyl (C=O) groups is 2. The molecule has 1 fully saturated rings. The summed E-state index contributed by atoms with van der Waals surface area (Å²) in [5.74, 6) is -0.299. The zero-order chi connectivity index (χ0) is 31.2. The number of anilines is 1. The third kappa shape index (κ3) is 8.61. The molecule has 230 valence electrons. The maximum atomic E-state index is 12.8. The second kappa shape index (κ2) is 13.3. The molecule has 1 atom stereocenters. The fourth-order valence-electron chi connectivity index (χ4n) is 4.53. The molecule has 0 radical (unpaired) electrons. The average molecular weight is 621 g/mol. The quantitative estimate of drug-likeness (QED) is 0.363.